The van der Waals surface area contributed by atoms with E-state index in [-0.39, 0.29) is 40.7 Å². The number of ether oxygens (including phenoxy) is 1. The van der Waals surface area contributed by atoms with Crippen LogP contribution in [0.15, 0.2) is 0 Å². The van der Waals surface area contributed by atoms with Gasteiger partial charge in [-0.15, -0.1) is 0 Å². The number of rotatable bonds is 4. The van der Waals surface area contributed by atoms with Crippen LogP contribution in [0.5, 0.6) is 0 Å². The highest BCUT2D eigenvalue weighted by Crippen LogP contribution is 2.68. The Morgan fingerprint density at radius 2 is 1.93 bits per heavy atom. The van der Waals surface area contributed by atoms with Crippen molar-refractivity contribution in [3.8, 4) is 0 Å². The molecule has 0 aliphatic heterocycles. The highest BCUT2D eigenvalue weighted by atomic mass is 16.5. The molecule has 0 aromatic carbocycles. The van der Waals surface area contributed by atoms with E-state index < -0.39 is 6.10 Å². The summed E-state index contributed by atoms with van der Waals surface area (Å²) in [6.07, 6.45) is 6.15. The number of fused-ring (bicyclic) bond motifs is 5. The number of Topliss-reactive ketones (excluding diaryl/α,β-unsaturated/α-hetero) is 1. The van der Waals surface area contributed by atoms with Gasteiger partial charge in [-0.3, -0.25) is 9.59 Å². The fraction of sp³-hybridized carbons (Fsp3) is 0.920. The zero-order valence-electron chi connectivity index (χ0n) is 19.1. The largest absolute Gasteiger partial charge is 0.469 e. The molecule has 0 amide bonds. The fourth-order valence-corrected chi connectivity index (χ4v) is 8.59. The van der Waals surface area contributed by atoms with Crippen molar-refractivity contribution in [1.82, 2.24) is 0 Å². The third kappa shape index (κ3) is 3.26. The van der Waals surface area contributed by atoms with Crippen LogP contribution in [-0.4, -0.2) is 41.3 Å². The van der Waals surface area contributed by atoms with Crippen LogP contribution >= 0.6 is 0 Å². The number of carbonyl (C=O) groups is 2. The van der Waals surface area contributed by atoms with Crippen molar-refractivity contribution < 1.29 is 24.5 Å². The van der Waals surface area contributed by atoms with Crippen LogP contribution < -0.4 is 0 Å². The molecule has 0 aromatic rings. The van der Waals surface area contributed by atoms with Crippen molar-refractivity contribution in [2.24, 2.45) is 46.3 Å². The van der Waals surface area contributed by atoms with Crippen LogP contribution in [0.2, 0.25) is 0 Å². The molecule has 4 aliphatic rings. The minimum absolute atomic E-state index is 0.0503. The Labute approximate surface area is 180 Å². The molecular formula is C25H40O5. The number of aliphatic hydroxyl groups excluding tert-OH is 2. The minimum atomic E-state index is -0.391. The Hall–Kier alpha value is -0.940. The molecule has 2 N–H and O–H groups in total. The standard InChI is InChI=1S/C25H40O5/c1-14(5-8-22(29)30-4)17-6-7-18-23-19(13-21(28)25(17,18)3)24(2)10-9-16(26)11-15(24)12-20(23)27/h14-15,17-21,23,27-28H,5-13H2,1-4H3/t14-,15?,17-,18+,19+,20?,21?,23+,24+,25-/m1/s1. The van der Waals surface area contributed by atoms with Crippen molar-refractivity contribution in [1.29, 1.82) is 0 Å². The van der Waals surface area contributed by atoms with Gasteiger partial charge in [0.2, 0.25) is 0 Å². The third-order valence-corrected chi connectivity index (χ3v) is 10.4. The first-order valence-electron chi connectivity index (χ1n) is 12.1. The fourth-order valence-electron chi connectivity index (χ4n) is 8.59. The molecule has 0 bridgehead atoms. The Morgan fingerprint density at radius 1 is 1.20 bits per heavy atom. The first-order valence-corrected chi connectivity index (χ1v) is 12.1. The second-order valence-electron chi connectivity index (χ2n) is 11.4. The minimum Gasteiger partial charge on any atom is -0.469 e. The van der Waals surface area contributed by atoms with Gasteiger partial charge in [-0.1, -0.05) is 20.8 Å². The SMILES string of the molecule is COC(=O)CC[C@@H](C)[C@H]1CC[C@H]2[C@@H]3C(O)CC4CC(=O)CC[C@]4(C)[C@H]3CC(O)[C@]12C. The molecule has 0 aromatic heterocycles. The highest BCUT2D eigenvalue weighted by molar-refractivity contribution is 5.79. The summed E-state index contributed by atoms with van der Waals surface area (Å²) in [5.41, 5.74) is -0.167. The molecule has 4 fully saturated rings. The van der Waals surface area contributed by atoms with Gasteiger partial charge >= 0.3 is 5.97 Å². The van der Waals surface area contributed by atoms with Crippen LogP contribution in [0.4, 0.5) is 0 Å². The van der Waals surface area contributed by atoms with Gasteiger partial charge in [-0.25, -0.2) is 0 Å². The summed E-state index contributed by atoms with van der Waals surface area (Å²) < 4.78 is 4.82. The second-order valence-corrected chi connectivity index (χ2v) is 11.4. The molecule has 4 aliphatic carbocycles. The van der Waals surface area contributed by atoms with E-state index in [0.717, 1.165) is 38.5 Å². The molecule has 0 heterocycles. The van der Waals surface area contributed by atoms with E-state index in [1.807, 2.05) is 0 Å². The van der Waals surface area contributed by atoms with Crippen LogP contribution in [0, 0.1) is 46.3 Å². The van der Waals surface area contributed by atoms with Crippen LogP contribution in [-0.2, 0) is 14.3 Å². The summed E-state index contributed by atoms with van der Waals surface area (Å²) in [5, 5.41) is 22.8. The Balaban J connectivity index is 1.58. The predicted octanol–water partition coefficient (Wildman–Crippen LogP) is 3.75. The number of hydrogen-bond acceptors (Lipinski definition) is 5. The molecule has 0 saturated heterocycles. The zero-order chi connectivity index (χ0) is 21.8. The summed E-state index contributed by atoms with van der Waals surface area (Å²) in [6.45, 7) is 6.78. The monoisotopic (exact) mass is 420 g/mol. The molecule has 30 heavy (non-hydrogen) atoms. The molecule has 170 valence electrons. The number of hydrogen-bond donors (Lipinski definition) is 2. The Morgan fingerprint density at radius 3 is 2.63 bits per heavy atom. The quantitative estimate of drug-likeness (QED) is 0.677. The van der Waals surface area contributed by atoms with Gasteiger partial charge in [0.15, 0.2) is 0 Å². The van der Waals surface area contributed by atoms with Crippen LogP contribution in [0.1, 0.15) is 78.6 Å². The lowest BCUT2D eigenvalue weighted by molar-refractivity contribution is -0.201. The molecule has 5 heteroatoms. The van der Waals surface area contributed by atoms with Gasteiger partial charge in [0, 0.05) is 19.3 Å². The van der Waals surface area contributed by atoms with Gasteiger partial charge in [-0.05, 0) is 84.9 Å². The summed E-state index contributed by atoms with van der Waals surface area (Å²) in [5.74, 6) is 1.92. The lowest BCUT2D eigenvalue weighted by Crippen LogP contribution is -2.62. The van der Waals surface area contributed by atoms with Crippen molar-refractivity contribution in [2.45, 2.75) is 90.8 Å². The smallest absolute Gasteiger partial charge is 0.305 e. The molecular weight excluding hydrogens is 380 g/mol. The van der Waals surface area contributed by atoms with Crippen molar-refractivity contribution >= 4 is 11.8 Å². The van der Waals surface area contributed by atoms with Gasteiger partial charge in [-0.2, -0.15) is 0 Å². The Kier molecular flexibility index (Phi) is 5.85. The lowest BCUT2D eigenvalue weighted by atomic mass is 9.43. The molecule has 4 saturated carbocycles. The second kappa shape index (κ2) is 7.88. The van der Waals surface area contributed by atoms with Crippen molar-refractivity contribution in [3.05, 3.63) is 0 Å². The summed E-state index contributed by atoms with van der Waals surface area (Å²) in [6, 6.07) is 0. The molecule has 0 spiro atoms. The number of ketones is 1. The summed E-state index contributed by atoms with van der Waals surface area (Å²) in [7, 11) is 1.43. The molecule has 3 unspecified atom stereocenters. The van der Waals surface area contributed by atoms with E-state index in [1.165, 1.54) is 7.11 Å². The Bertz CT molecular complexity index is 691. The number of esters is 1. The van der Waals surface area contributed by atoms with E-state index in [2.05, 4.69) is 20.8 Å². The maximum Gasteiger partial charge on any atom is 0.305 e. The maximum absolute atomic E-state index is 12.1. The predicted molar refractivity (Wildman–Crippen MR) is 113 cm³/mol. The number of carbonyl (C=O) groups excluding carboxylic acids is 2. The maximum atomic E-state index is 12.1. The van der Waals surface area contributed by atoms with Crippen LogP contribution in [0.25, 0.3) is 0 Å². The zero-order valence-corrected chi connectivity index (χ0v) is 19.1. The van der Waals surface area contributed by atoms with E-state index in [1.54, 1.807) is 0 Å². The highest BCUT2D eigenvalue weighted by Gasteiger charge is 2.65. The third-order valence-electron chi connectivity index (χ3n) is 10.4. The first-order chi connectivity index (χ1) is 14.1. The number of methoxy groups -OCH3 is 1. The molecule has 10 atom stereocenters. The van der Waals surface area contributed by atoms with Crippen molar-refractivity contribution in [2.75, 3.05) is 7.11 Å². The average Bonchev–Trinajstić information content (AvgIpc) is 3.06. The van der Waals surface area contributed by atoms with Gasteiger partial charge in [0.1, 0.15) is 5.78 Å². The normalized spacial score (nSPS) is 49.0. The van der Waals surface area contributed by atoms with Crippen molar-refractivity contribution in [3.63, 3.8) is 0 Å². The molecule has 0 radical (unpaired) electrons. The summed E-state index contributed by atoms with van der Waals surface area (Å²) >= 11 is 0. The van der Waals surface area contributed by atoms with E-state index in [4.69, 9.17) is 4.74 Å². The first kappa shape index (κ1) is 22.3. The summed E-state index contributed by atoms with van der Waals surface area (Å²) in [4.78, 5) is 23.8. The van der Waals surface area contributed by atoms with Gasteiger partial charge in [0.25, 0.3) is 0 Å². The molecule has 4 rings (SSSR count). The topological polar surface area (TPSA) is 83.8 Å². The molecule has 5 nitrogen and oxygen atoms in total. The number of aliphatic hydroxyl groups is 2. The van der Waals surface area contributed by atoms with E-state index >= 15 is 0 Å². The van der Waals surface area contributed by atoms with E-state index in [0.29, 0.717) is 42.8 Å². The van der Waals surface area contributed by atoms with Gasteiger partial charge in [0.05, 0.1) is 19.3 Å². The average molecular weight is 421 g/mol. The van der Waals surface area contributed by atoms with Gasteiger partial charge < -0.3 is 14.9 Å². The van der Waals surface area contributed by atoms with E-state index in [9.17, 15) is 19.8 Å². The lowest BCUT2D eigenvalue weighted by Gasteiger charge is -2.63. The van der Waals surface area contributed by atoms with Crippen LogP contribution in [0.3, 0.4) is 0 Å².